The fourth-order valence-electron chi connectivity index (χ4n) is 3.09. The lowest BCUT2D eigenvalue weighted by molar-refractivity contribution is -0.273. The van der Waals surface area contributed by atoms with Crippen LogP contribution in [0.15, 0.2) is 65.1 Å². The van der Waals surface area contributed by atoms with Gasteiger partial charge in [-0.15, -0.1) is 0 Å². The predicted molar refractivity (Wildman–Crippen MR) is 114 cm³/mol. The van der Waals surface area contributed by atoms with Gasteiger partial charge in [-0.05, 0) is 54.1 Å². The van der Waals surface area contributed by atoms with Gasteiger partial charge in [0.2, 0.25) is 5.72 Å². The van der Waals surface area contributed by atoms with E-state index < -0.39 is 53.8 Å². The summed E-state index contributed by atoms with van der Waals surface area (Å²) in [6.45, 7) is -1.05. The van der Waals surface area contributed by atoms with E-state index in [9.17, 15) is 40.2 Å². The van der Waals surface area contributed by atoms with E-state index in [1.165, 1.54) is 30.3 Å². The Morgan fingerprint density at radius 2 is 1.54 bits per heavy atom. The highest BCUT2D eigenvalue weighted by molar-refractivity contribution is 9.10. The van der Waals surface area contributed by atoms with Gasteiger partial charge in [0.1, 0.15) is 11.6 Å². The second-order valence-corrected chi connectivity index (χ2v) is 8.43. The second kappa shape index (κ2) is 10.1. The molecule has 0 saturated carbocycles. The standard InChI is InChI=1S/C23H16BrF8NO2/c24-16-5-7-19(26)20(10-16)35-17-3-1-2-13(8-17)11-21(34,23(30,31)32)33-12-14-9-15(22(27,28)29)4-6-18(14)25/h1-10,33-34H,11-12H2. The van der Waals surface area contributed by atoms with E-state index in [1.54, 1.807) is 5.32 Å². The third kappa shape index (κ3) is 6.71. The molecule has 0 radical (unpaired) electrons. The monoisotopic (exact) mass is 569 g/mol. The zero-order chi connectivity index (χ0) is 26.0. The summed E-state index contributed by atoms with van der Waals surface area (Å²) >= 11 is 3.14. The number of aliphatic hydroxyl groups is 1. The van der Waals surface area contributed by atoms with Gasteiger partial charge in [-0.3, -0.25) is 5.32 Å². The molecule has 2 N–H and O–H groups in total. The van der Waals surface area contributed by atoms with Crippen molar-refractivity contribution in [3.05, 3.63) is 93.5 Å². The highest BCUT2D eigenvalue weighted by Gasteiger charge is 2.53. The Labute approximate surface area is 202 Å². The van der Waals surface area contributed by atoms with Crippen molar-refractivity contribution in [2.45, 2.75) is 31.0 Å². The molecule has 3 rings (SSSR count). The Hall–Kier alpha value is -2.70. The maximum absolute atomic E-state index is 14.0. The lowest BCUT2D eigenvalue weighted by Crippen LogP contribution is -2.58. The second-order valence-electron chi connectivity index (χ2n) is 7.52. The Bertz CT molecular complexity index is 1200. The predicted octanol–water partition coefficient (Wildman–Crippen LogP) is 7.12. The van der Waals surface area contributed by atoms with Crippen LogP contribution in [0.2, 0.25) is 0 Å². The number of hydrogen-bond acceptors (Lipinski definition) is 3. The summed E-state index contributed by atoms with van der Waals surface area (Å²) in [6.07, 6.45) is -11.2. The van der Waals surface area contributed by atoms with E-state index in [4.69, 9.17) is 4.74 Å². The van der Waals surface area contributed by atoms with Crippen LogP contribution in [0, 0.1) is 11.6 Å². The van der Waals surface area contributed by atoms with Crippen molar-refractivity contribution in [3.63, 3.8) is 0 Å². The van der Waals surface area contributed by atoms with Crippen LogP contribution < -0.4 is 10.1 Å². The number of alkyl halides is 6. The number of nitrogens with one attached hydrogen (secondary N) is 1. The molecular weight excluding hydrogens is 554 g/mol. The zero-order valence-corrected chi connectivity index (χ0v) is 19.0. The van der Waals surface area contributed by atoms with Gasteiger partial charge in [-0.2, -0.15) is 26.3 Å². The average Bonchev–Trinajstić information content (AvgIpc) is 2.74. The molecule has 3 aromatic carbocycles. The fraction of sp³-hybridized carbons (Fsp3) is 0.217. The minimum absolute atomic E-state index is 0.0343. The van der Waals surface area contributed by atoms with Crippen molar-refractivity contribution in [1.82, 2.24) is 5.32 Å². The van der Waals surface area contributed by atoms with E-state index >= 15 is 0 Å². The summed E-state index contributed by atoms with van der Waals surface area (Å²) in [5.41, 5.74) is -5.71. The molecule has 35 heavy (non-hydrogen) atoms. The molecule has 12 heteroatoms. The summed E-state index contributed by atoms with van der Waals surface area (Å²) in [5, 5.41) is 12.1. The number of ether oxygens (including phenoxy) is 1. The molecule has 0 aromatic heterocycles. The van der Waals surface area contributed by atoms with E-state index in [-0.39, 0.29) is 17.1 Å². The van der Waals surface area contributed by atoms with Gasteiger partial charge in [0.05, 0.1) is 5.56 Å². The normalized spacial score (nSPS) is 14.0. The smallest absolute Gasteiger partial charge is 0.431 e. The summed E-state index contributed by atoms with van der Waals surface area (Å²) in [6, 6.07) is 10.1. The number of rotatable bonds is 7. The highest BCUT2D eigenvalue weighted by atomic mass is 79.9. The minimum Gasteiger partial charge on any atom is -0.454 e. The highest BCUT2D eigenvalue weighted by Crippen LogP contribution is 2.35. The summed E-state index contributed by atoms with van der Waals surface area (Å²) < 4.78 is 114. The molecule has 0 spiro atoms. The van der Waals surface area contributed by atoms with Crippen molar-refractivity contribution in [3.8, 4) is 11.5 Å². The van der Waals surface area contributed by atoms with Crippen molar-refractivity contribution in [2.75, 3.05) is 0 Å². The van der Waals surface area contributed by atoms with Crippen molar-refractivity contribution >= 4 is 15.9 Å². The summed E-state index contributed by atoms with van der Waals surface area (Å²) in [5.74, 6) is -2.15. The Morgan fingerprint density at radius 3 is 2.20 bits per heavy atom. The molecule has 0 bridgehead atoms. The van der Waals surface area contributed by atoms with Gasteiger partial charge in [0.15, 0.2) is 11.6 Å². The van der Waals surface area contributed by atoms with E-state index in [1.807, 2.05) is 0 Å². The lowest BCUT2D eigenvalue weighted by atomic mass is 10.0. The first-order chi connectivity index (χ1) is 16.2. The van der Waals surface area contributed by atoms with Crippen LogP contribution in [-0.4, -0.2) is 17.0 Å². The van der Waals surface area contributed by atoms with Gasteiger partial charge in [0.25, 0.3) is 0 Å². The lowest BCUT2D eigenvalue weighted by Gasteiger charge is -2.32. The third-order valence-corrected chi connectivity index (χ3v) is 5.39. The Kier molecular flexibility index (Phi) is 7.77. The largest absolute Gasteiger partial charge is 0.454 e. The first-order valence-electron chi connectivity index (χ1n) is 9.79. The van der Waals surface area contributed by atoms with Crippen LogP contribution >= 0.6 is 15.9 Å². The van der Waals surface area contributed by atoms with Crippen LogP contribution in [0.4, 0.5) is 35.1 Å². The van der Waals surface area contributed by atoms with Crippen LogP contribution in [0.1, 0.15) is 16.7 Å². The molecule has 0 fully saturated rings. The molecule has 0 aliphatic heterocycles. The number of hydrogen-bond donors (Lipinski definition) is 2. The molecule has 188 valence electrons. The van der Waals surface area contributed by atoms with E-state index in [2.05, 4.69) is 15.9 Å². The van der Waals surface area contributed by atoms with Crippen LogP contribution in [-0.2, 0) is 19.1 Å². The quantitative estimate of drug-likeness (QED) is 0.235. The van der Waals surface area contributed by atoms with Crippen LogP contribution in [0.25, 0.3) is 0 Å². The van der Waals surface area contributed by atoms with Gasteiger partial charge in [0, 0.05) is 23.0 Å². The maximum Gasteiger partial charge on any atom is 0.431 e. The number of benzene rings is 3. The molecule has 1 unspecified atom stereocenters. The van der Waals surface area contributed by atoms with Gasteiger partial charge in [-0.1, -0.05) is 28.1 Å². The summed E-state index contributed by atoms with van der Waals surface area (Å²) in [7, 11) is 0. The average molecular weight is 570 g/mol. The SMILES string of the molecule is OC(Cc1cccc(Oc2cc(Br)ccc2F)c1)(NCc1cc(C(F)(F)F)ccc1F)C(F)(F)F. The molecule has 0 heterocycles. The molecule has 3 aromatic rings. The van der Waals surface area contributed by atoms with E-state index in [0.717, 1.165) is 12.1 Å². The zero-order valence-electron chi connectivity index (χ0n) is 17.4. The van der Waals surface area contributed by atoms with Gasteiger partial charge >= 0.3 is 12.4 Å². The van der Waals surface area contributed by atoms with Crippen molar-refractivity contribution in [1.29, 1.82) is 0 Å². The van der Waals surface area contributed by atoms with Crippen molar-refractivity contribution < 1.29 is 45.0 Å². The molecular formula is C23H16BrF8NO2. The Morgan fingerprint density at radius 1 is 0.857 bits per heavy atom. The number of halogens is 9. The molecule has 0 aliphatic rings. The van der Waals surface area contributed by atoms with Crippen molar-refractivity contribution in [2.24, 2.45) is 0 Å². The van der Waals surface area contributed by atoms with Crippen LogP contribution in [0.5, 0.6) is 11.5 Å². The summed E-state index contributed by atoms with van der Waals surface area (Å²) in [4.78, 5) is 0. The Balaban J connectivity index is 1.83. The fourth-order valence-corrected chi connectivity index (χ4v) is 3.43. The molecule has 0 aliphatic carbocycles. The molecule has 3 nitrogen and oxygen atoms in total. The van der Waals surface area contributed by atoms with Crippen LogP contribution in [0.3, 0.4) is 0 Å². The van der Waals surface area contributed by atoms with E-state index in [0.29, 0.717) is 22.7 Å². The van der Waals surface area contributed by atoms with Gasteiger partial charge < -0.3 is 9.84 Å². The first-order valence-corrected chi connectivity index (χ1v) is 10.6. The maximum atomic E-state index is 14.0. The minimum atomic E-state index is -5.29. The third-order valence-electron chi connectivity index (χ3n) is 4.89. The molecule has 1 atom stereocenters. The van der Waals surface area contributed by atoms with Gasteiger partial charge in [-0.25, -0.2) is 8.78 Å². The first kappa shape index (κ1) is 26.9. The molecule has 0 amide bonds. The topological polar surface area (TPSA) is 41.5 Å². The molecule has 0 saturated heterocycles.